The van der Waals surface area contributed by atoms with Crippen LogP contribution in [-0.2, 0) is 19.5 Å². The van der Waals surface area contributed by atoms with Gasteiger partial charge in [-0.3, -0.25) is 0 Å². The van der Waals surface area contributed by atoms with Gasteiger partial charge in [-0.1, -0.05) is 25.0 Å². The van der Waals surface area contributed by atoms with Crippen molar-refractivity contribution >= 4 is 0 Å². The summed E-state index contributed by atoms with van der Waals surface area (Å²) in [6.45, 7) is 5.44. The van der Waals surface area contributed by atoms with E-state index in [0.29, 0.717) is 0 Å². The van der Waals surface area contributed by atoms with Crippen molar-refractivity contribution in [3.8, 4) is 0 Å². The highest BCUT2D eigenvalue weighted by molar-refractivity contribution is 5.13. The van der Waals surface area contributed by atoms with Crippen molar-refractivity contribution in [1.29, 1.82) is 0 Å². The molecule has 0 saturated heterocycles. The van der Waals surface area contributed by atoms with Crippen molar-refractivity contribution < 1.29 is 0 Å². The summed E-state index contributed by atoms with van der Waals surface area (Å²) < 4.78 is 2.18. The normalized spacial score (nSPS) is 29.0. The van der Waals surface area contributed by atoms with Gasteiger partial charge in [0.25, 0.3) is 0 Å². The highest BCUT2D eigenvalue weighted by Crippen LogP contribution is 2.30. The van der Waals surface area contributed by atoms with Gasteiger partial charge in [0.15, 0.2) is 0 Å². The van der Waals surface area contributed by atoms with Crippen molar-refractivity contribution in [2.45, 2.75) is 52.1 Å². The van der Waals surface area contributed by atoms with Crippen molar-refractivity contribution in [2.75, 3.05) is 6.54 Å². The highest BCUT2D eigenvalue weighted by Gasteiger charge is 2.22. The zero-order chi connectivity index (χ0) is 11.7. The van der Waals surface area contributed by atoms with Crippen LogP contribution >= 0.6 is 0 Å². The summed E-state index contributed by atoms with van der Waals surface area (Å²) in [7, 11) is 0. The second-order valence-electron chi connectivity index (χ2n) is 5.73. The van der Waals surface area contributed by atoms with E-state index >= 15 is 0 Å². The van der Waals surface area contributed by atoms with Crippen LogP contribution in [0.15, 0.2) is 0 Å². The monoisotopic (exact) mass is 234 g/mol. The fourth-order valence-electron chi connectivity index (χ4n) is 3.31. The van der Waals surface area contributed by atoms with Gasteiger partial charge in [0.2, 0.25) is 0 Å². The lowest BCUT2D eigenvalue weighted by Crippen LogP contribution is -2.26. The molecule has 1 N–H and O–H groups in total. The van der Waals surface area contributed by atoms with E-state index in [1.165, 1.54) is 37.1 Å². The van der Waals surface area contributed by atoms with E-state index in [9.17, 15) is 0 Å². The average Bonchev–Trinajstić information content (AvgIpc) is 2.73. The Balaban J connectivity index is 1.70. The Hall–Kier alpha value is -0.900. The van der Waals surface area contributed by atoms with Crippen LogP contribution in [0.1, 0.15) is 44.0 Å². The van der Waals surface area contributed by atoms with Crippen LogP contribution in [0.4, 0.5) is 0 Å². The van der Waals surface area contributed by atoms with E-state index < -0.39 is 0 Å². The molecule has 3 rings (SSSR count). The van der Waals surface area contributed by atoms with E-state index in [4.69, 9.17) is 0 Å². The molecule has 2 heterocycles. The highest BCUT2D eigenvalue weighted by atomic mass is 15.4. The summed E-state index contributed by atoms with van der Waals surface area (Å²) >= 11 is 0. The summed E-state index contributed by atoms with van der Waals surface area (Å²) in [5, 5.41) is 12.0. The average molecular weight is 234 g/mol. The third kappa shape index (κ3) is 2.37. The molecule has 4 heteroatoms. The summed E-state index contributed by atoms with van der Waals surface area (Å²) in [5.41, 5.74) is 2.54. The van der Waals surface area contributed by atoms with E-state index in [0.717, 1.165) is 37.9 Å². The first-order valence-electron chi connectivity index (χ1n) is 6.95. The number of nitrogens with one attached hydrogen (secondary N) is 1. The Labute approximate surface area is 103 Å². The zero-order valence-electron chi connectivity index (χ0n) is 10.7. The Morgan fingerprint density at radius 3 is 3.24 bits per heavy atom. The van der Waals surface area contributed by atoms with Crippen molar-refractivity contribution in [3.63, 3.8) is 0 Å². The standard InChI is InChI=1S/C13H22N4/c1-10-3-2-4-11(7-10)9-17-13-5-6-14-8-12(13)15-16-17/h10-11,14H,2-9H2,1H3. The lowest BCUT2D eigenvalue weighted by atomic mass is 9.82. The minimum Gasteiger partial charge on any atom is -0.311 e. The largest absolute Gasteiger partial charge is 0.311 e. The van der Waals surface area contributed by atoms with Crippen LogP contribution in [0.5, 0.6) is 0 Å². The van der Waals surface area contributed by atoms with Gasteiger partial charge in [0.1, 0.15) is 0 Å². The maximum Gasteiger partial charge on any atom is 0.0997 e. The van der Waals surface area contributed by atoms with Gasteiger partial charge in [-0.25, -0.2) is 4.68 Å². The molecule has 2 aliphatic rings. The Kier molecular flexibility index (Phi) is 3.14. The number of hydrogen-bond acceptors (Lipinski definition) is 3. The summed E-state index contributed by atoms with van der Waals surface area (Å²) in [4.78, 5) is 0. The molecule has 0 amide bonds. The smallest absolute Gasteiger partial charge is 0.0997 e. The van der Waals surface area contributed by atoms with Crippen LogP contribution in [0.25, 0.3) is 0 Å². The number of fused-ring (bicyclic) bond motifs is 1. The molecule has 0 radical (unpaired) electrons. The van der Waals surface area contributed by atoms with Gasteiger partial charge < -0.3 is 5.32 Å². The van der Waals surface area contributed by atoms with Gasteiger partial charge >= 0.3 is 0 Å². The maximum atomic E-state index is 4.34. The van der Waals surface area contributed by atoms with Crippen molar-refractivity contribution in [3.05, 3.63) is 11.4 Å². The zero-order valence-corrected chi connectivity index (χ0v) is 10.7. The molecule has 4 nitrogen and oxygen atoms in total. The maximum absolute atomic E-state index is 4.34. The molecule has 1 aromatic heterocycles. The Morgan fingerprint density at radius 1 is 1.41 bits per heavy atom. The fraction of sp³-hybridized carbons (Fsp3) is 0.846. The number of rotatable bonds is 2. The van der Waals surface area contributed by atoms with Gasteiger partial charge in [0, 0.05) is 26.1 Å². The van der Waals surface area contributed by atoms with Crippen LogP contribution in [0, 0.1) is 11.8 Å². The molecule has 1 fully saturated rings. The lowest BCUT2D eigenvalue weighted by molar-refractivity contribution is 0.246. The molecule has 2 atom stereocenters. The molecule has 0 aromatic carbocycles. The second kappa shape index (κ2) is 4.77. The van der Waals surface area contributed by atoms with Crippen molar-refractivity contribution in [1.82, 2.24) is 20.3 Å². The SMILES string of the molecule is CC1CCCC(Cn2nnc3c2CCNC3)C1. The molecule has 1 aromatic rings. The Morgan fingerprint density at radius 2 is 2.35 bits per heavy atom. The summed E-state index contributed by atoms with van der Waals surface area (Å²) in [6.07, 6.45) is 6.63. The predicted octanol–water partition coefficient (Wildman–Crippen LogP) is 1.75. The number of aromatic nitrogens is 3. The number of nitrogens with zero attached hydrogens (tertiary/aromatic N) is 3. The first-order valence-corrected chi connectivity index (χ1v) is 6.95. The fourth-order valence-corrected chi connectivity index (χ4v) is 3.31. The van der Waals surface area contributed by atoms with E-state index in [1.54, 1.807) is 0 Å². The minimum atomic E-state index is 0.819. The summed E-state index contributed by atoms with van der Waals surface area (Å²) in [6, 6.07) is 0. The molecular weight excluding hydrogens is 212 g/mol. The molecule has 0 spiro atoms. The van der Waals surface area contributed by atoms with E-state index in [1.807, 2.05) is 0 Å². The molecule has 2 unspecified atom stereocenters. The molecule has 1 saturated carbocycles. The molecular formula is C13H22N4. The van der Waals surface area contributed by atoms with Crippen LogP contribution in [-0.4, -0.2) is 21.5 Å². The topological polar surface area (TPSA) is 42.7 Å². The second-order valence-corrected chi connectivity index (χ2v) is 5.73. The molecule has 1 aliphatic carbocycles. The van der Waals surface area contributed by atoms with Crippen molar-refractivity contribution in [2.24, 2.45) is 11.8 Å². The first-order chi connectivity index (χ1) is 8.33. The van der Waals surface area contributed by atoms with Crippen LogP contribution < -0.4 is 5.32 Å². The van der Waals surface area contributed by atoms with Crippen LogP contribution in [0.2, 0.25) is 0 Å². The summed E-state index contributed by atoms with van der Waals surface area (Å²) in [5.74, 6) is 1.72. The predicted molar refractivity (Wildman–Crippen MR) is 66.6 cm³/mol. The van der Waals surface area contributed by atoms with Gasteiger partial charge in [0.05, 0.1) is 11.4 Å². The van der Waals surface area contributed by atoms with E-state index in [-0.39, 0.29) is 0 Å². The quantitative estimate of drug-likeness (QED) is 0.847. The van der Waals surface area contributed by atoms with Crippen LogP contribution in [0.3, 0.4) is 0 Å². The lowest BCUT2D eigenvalue weighted by Gasteiger charge is -2.27. The Bertz CT molecular complexity index is 385. The van der Waals surface area contributed by atoms with Gasteiger partial charge in [-0.05, 0) is 24.7 Å². The van der Waals surface area contributed by atoms with Gasteiger partial charge in [-0.2, -0.15) is 0 Å². The molecule has 94 valence electrons. The third-order valence-corrected chi connectivity index (χ3v) is 4.23. The molecule has 0 bridgehead atoms. The first kappa shape index (κ1) is 11.2. The number of hydrogen-bond donors (Lipinski definition) is 1. The molecule has 1 aliphatic heterocycles. The third-order valence-electron chi connectivity index (χ3n) is 4.23. The minimum absolute atomic E-state index is 0.819. The van der Waals surface area contributed by atoms with Gasteiger partial charge in [-0.15, -0.1) is 5.10 Å². The van der Waals surface area contributed by atoms with E-state index in [2.05, 4.69) is 27.2 Å². The molecule has 17 heavy (non-hydrogen) atoms.